The van der Waals surface area contributed by atoms with Gasteiger partial charge >= 0.3 is 0 Å². The smallest absolute Gasteiger partial charge is 0.244 e. The Hall–Kier alpha value is -1.20. The van der Waals surface area contributed by atoms with Gasteiger partial charge in [-0.15, -0.1) is 0 Å². The van der Waals surface area contributed by atoms with E-state index in [0.717, 1.165) is 18.4 Å². The van der Waals surface area contributed by atoms with Crippen LogP contribution in [0, 0.1) is 6.92 Å². The van der Waals surface area contributed by atoms with Crippen molar-refractivity contribution >= 4 is 16.7 Å². The van der Waals surface area contributed by atoms with Gasteiger partial charge in [-0.05, 0) is 25.3 Å². The van der Waals surface area contributed by atoms with E-state index in [4.69, 9.17) is 0 Å². The van der Waals surface area contributed by atoms with Gasteiger partial charge in [0.2, 0.25) is 5.91 Å². The highest BCUT2D eigenvalue weighted by Crippen LogP contribution is 2.45. The Labute approximate surface area is 122 Å². The maximum Gasteiger partial charge on any atom is 0.244 e. The summed E-state index contributed by atoms with van der Waals surface area (Å²) in [5.41, 5.74) is 1.99. The van der Waals surface area contributed by atoms with E-state index in [1.165, 1.54) is 5.56 Å². The summed E-state index contributed by atoms with van der Waals surface area (Å²) in [7, 11) is -0.878. The Balaban J connectivity index is 1.85. The van der Waals surface area contributed by atoms with Crippen LogP contribution in [0.15, 0.2) is 24.3 Å². The van der Waals surface area contributed by atoms with E-state index >= 15 is 0 Å². The number of hydrogen-bond acceptors (Lipinski definition) is 3. The molecule has 1 aliphatic carbocycles. The van der Waals surface area contributed by atoms with Crippen molar-refractivity contribution in [2.24, 2.45) is 0 Å². The molecule has 0 aromatic heterocycles. The molecule has 2 unspecified atom stereocenters. The monoisotopic (exact) mass is 292 g/mol. The van der Waals surface area contributed by atoms with E-state index in [1.54, 1.807) is 6.26 Å². The summed E-state index contributed by atoms with van der Waals surface area (Å²) >= 11 is 0. The molecule has 0 radical (unpaired) electrons. The van der Waals surface area contributed by atoms with Crippen molar-refractivity contribution in [2.45, 2.75) is 31.5 Å². The number of nitrogens with zero attached hydrogens (tertiary/aromatic N) is 1. The van der Waals surface area contributed by atoms with Gasteiger partial charge < -0.3 is 4.90 Å². The molecule has 2 atom stereocenters. The number of carbonyl (C=O) groups is 1. The number of aryl methyl sites for hydroxylation is 1. The van der Waals surface area contributed by atoms with Crippen LogP contribution in [0.2, 0.25) is 0 Å². The first-order chi connectivity index (χ1) is 9.52. The molecule has 3 rings (SSSR count). The molecule has 1 saturated heterocycles. The minimum Gasteiger partial charge on any atom is -0.320 e. The first kappa shape index (κ1) is 13.8. The van der Waals surface area contributed by atoms with Crippen LogP contribution in [-0.4, -0.2) is 39.1 Å². The molecular weight excluding hydrogens is 272 g/mol. The predicted octanol–water partition coefficient (Wildman–Crippen LogP) is 1.34. The van der Waals surface area contributed by atoms with Crippen molar-refractivity contribution in [3.05, 3.63) is 35.4 Å². The van der Waals surface area contributed by atoms with Crippen LogP contribution in [0.4, 0.5) is 0 Å². The molecule has 0 bridgehead atoms. The van der Waals surface area contributed by atoms with Crippen molar-refractivity contribution in [2.75, 3.05) is 18.6 Å². The van der Waals surface area contributed by atoms with Gasteiger partial charge in [0.15, 0.2) is 0 Å². The van der Waals surface area contributed by atoms with Gasteiger partial charge in [0.1, 0.15) is 11.7 Å². The lowest BCUT2D eigenvalue weighted by molar-refractivity contribution is -0.130. The first-order valence-corrected chi connectivity index (χ1v) is 8.70. The van der Waals surface area contributed by atoms with Gasteiger partial charge in [-0.2, -0.15) is 0 Å². The zero-order valence-corrected chi connectivity index (χ0v) is 12.7. The minimum atomic E-state index is -0.878. The molecule has 1 saturated carbocycles. The van der Waals surface area contributed by atoms with Gasteiger partial charge in [0.25, 0.3) is 0 Å². The normalized spacial score (nSPS) is 25.2. The van der Waals surface area contributed by atoms with Gasteiger partial charge in [-0.3, -0.25) is 14.3 Å². The maximum absolute atomic E-state index is 12.5. The molecule has 108 valence electrons. The molecule has 1 heterocycles. The number of hydrogen-bond donors (Lipinski definition) is 1. The summed E-state index contributed by atoms with van der Waals surface area (Å²) in [6, 6.07) is 8.26. The second-order valence-corrected chi connectivity index (χ2v) is 7.37. The summed E-state index contributed by atoms with van der Waals surface area (Å²) < 4.78 is 11.3. The molecule has 1 aromatic carbocycles. The molecule has 1 amide bonds. The lowest BCUT2D eigenvalue weighted by Gasteiger charge is -2.24. The Morgan fingerprint density at radius 2 is 2.00 bits per heavy atom. The third-order valence-corrected chi connectivity index (χ3v) is 4.92. The third kappa shape index (κ3) is 2.40. The van der Waals surface area contributed by atoms with Crippen molar-refractivity contribution in [3.8, 4) is 0 Å². The Morgan fingerprint density at radius 1 is 1.35 bits per heavy atom. The van der Waals surface area contributed by atoms with Gasteiger partial charge in [-0.1, -0.05) is 29.8 Å². The molecule has 2 fully saturated rings. The topological polar surface area (TPSA) is 49.4 Å². The zero-order chi connectivity index (χ0) is 14.3. The summed E-state index contributed by atoms with van der Waals surface area (Å²) in [6.45, 7) is 2.60. The van der Waals surface area contributed by atoms with Crippen LogP contribution in [-0.2, 0) is 15.6 Å². The van der Waals surface area contributed by atoms with E-state index in [2.05, 4.69) is 36.5 Å². The minimum absolute atomic E-state index is 0.0749. The highest BCUT2D eigenvalue weighted by atomic mass is 32.2. The molecule has 5 heteroatoms. The molecule has 1 spiro atoms. The summed E-state index contributed by atoms with van der Waals surface area (Å²) in [5.74, 6) is 0.708. The molecular formula is C15H20N2O2S. The van der Waals surface area contributed by atoms with Crippen LogP contribution in [0.5, 0.6) is 0 Å². The fourth-order valence-corrected chi connectivity index (χ4v) is 3.20. The fraction of sp³-hybridized carbons (Fsp3) is 0.533. The Kier molecular flexibility index (Phi) is 3.42. The number of nitrogens with one attached hydrogen (secondary N) is 1. The number of carbonyl (C=O) groups excluding carboxylic acids is 1. The van der Waals surface area contributed by atoms with Crippen molar-refractivity contribution < 1.29 is 9.00 Å². The van der Waals surface area contributed by atoms with E-state index in [1.807, 2.05) is 4.90 Å². The van der Waals surface area contributed by atoms with Crippen LogP contribution in [0.25, 0.3) is 0 Å². The van der Waals surface area contributed by atoms with Crippen LogP contribution in [0.3, 0.4) is 0 Å². The van der Waals surface area contributed by atoms with Crippen LogP contribution >= 0.6 is 0 Å². The number of amides is 1. The third-order valence-electron chi connectivity index (χ3n) is 4.16. The number of rotatable bonds is 4. The van der Waals surface area contributed by atoms with E-state index in [0.29, 0.717) is 12.3 Å². The quantitative estimate of drug-likeness (QED) is 0.911. The van der Waals surface area contributed by atoms with Crippen molar-refractivity contribution in [3.63, 3.8) is 0 Å². The van der Waals surface area contributed by atoms with E-state index in [-0.39, 0.29) is 17.6 Å². The van der Waals surface area contributed by atoms with Gasteiger partial charge in [0, 0.05) is 29.4 Å². The molecule has 20 heavy (non-hydrogen) atoms. The molecule has 1 aromatic rings. The Bertz CT molecular complexity index is 551. The molecule has 1 N–H and O–H groups in total. The SMILES string of the molecule is Cc1ccc(C2NC3(CC3)C(=O)N2CCS(C)=O)cc1. The average Bonchev–Trinajstić information content (AvgIpc) is 3.13. The maximum atomic E-state index is 12.5. The largest absolute Gasteiger partial charge is 0.320 e. The van der Waals surface area contributed by atoms with E-state index in [9.17, 15) is 9.00 Å². The van der Waals surface area contributed by atoms with Crippen molar-refractivity contribution in [1.82, 2.24) is 10.2 Å². The van der Waals surface area contributed by atoms with Crippen LogP contribution < -0.4 is 5.32 Å². The summed E-state index contributed by atoms with van der Waals surface area (Å²) in [4.78, 5) is 14.4. The highest BCUT2D eigenvalue weighted by Gasteiger charge is 2.59. The van der Waals surface area contributed by atoms with Gasteiger partial charge in [-0.25, -0.2) is 0 Å². The molecule has 2 aliphatic rings. The lowest BCUT2D eigenvalue weighted by Crippen LogP contribution is -2.34. The van der Waals surface area contributed by atoms with E-state index < -0.39 is 10.8 Å². The predicted molar refractivity (Wildman–Crippen MR) is 79.7 cm³/mol. The molecule has 4 nitrogen and oxygen atoms in total. The Morgan fingerprint density at radius 3 is 2.55 bits per heavy atom. The standard InChI is InChI=1S/C15H20N2O2S/c1-11-3-5-12(6-4-11)13-16-15(7-8-15)14(18)17(13)9-10-20(2)19/h3-6,13,16H,7-10H2,1-2H3. The summed E-state index contributed by atoms with van der Waals surface area (Å²) in [6.07, 6.45) is 3.44. The zero-order valence-electron chi connectivity index (χ0n) is 11.9. The number of benzene rings is 1. The second kappa shape index (κ2) is 4.97. The summed E-state index contributed by atoms with van der Waals surface area (Å²) in [5, 5.41) is 3.48. The van der Waals surface area contributed by atoms with Gasteiger partial charge in [0.05, 0.1) is 0 Å². The molecule has 1 aliphatic heterocycles. The average molecular weight is 292 g/mol. The highest BCUT2D eigenvalue weighted by molar-refractivity contribution is 7.84. The first-order valence-electron chi connectivity index (χ1n) is 6.97. The fourth-order valence-electron chi connectivity index (χ4n) is 2.75. The second-order valence-electron chi connectivity index (χ2n) is 5.82. The lowest BCUT2D eigenvalue weighted by atomic mass is 10.1. The van der Waals surface area contributed by atoms with Crippen molar-refractivity contribution in [1.29, 1.82) is 0 Å². The van der Waals surface area contributed by atoms with Crippen LogP contribution in [0.1, 0.15) is 30.1 Å².